The summed E-state index contributed by atoms with van der Waals surface area (Å²) < 4.78 is 5.24. The number of benzene rings is 1. The van der Waals surface area contributed by atoms with Crippen LogP contribution in [0.1, 0.15) is 25.3 Å². The quantitative estimate of drug-likeness (QED) is 0.837. The number of carbonyl (C=O) groups excluding carboxylic acids is 1. The molecular formula is C18H25NO4. The van der Waals surface area contributed by atoms with Gasteiger partial charge in [-0.3, -0.25) is 9.59 Å². The van der Waals surface area contributed by atoms with E-state index in [1.165, 1.54) is 5.56 Å². The highest BCUT2D eigenvalue weighted by molar-refractivity contribution is 5.84. The zero-order valence-electron chi connectivity index (χ0n) is 13.6. The first-order valence-electron chi connectivity index (χ1n) is 8.23. The second-order valence-electron chi connectivity index (χ2n) is 6.05. The molecule has 23 heavy (non-hydrogen) atoms. The predicted octanol–water partition coefficient (Wildman–Crippen LogP) is 2.21. The Kier molecular flexibility index (Phi) is 6.59. The van der Waals surface area contributed by atoms with Crippen LogP contribution in [0, 0.1) is 11.8 Å². The highest BCUT2D eigenvalue weighted by Gasteiger charge is 2.32. The number of aryl methyl sites for hydroxylation is 1. The van der Waals surface area contributed by atoms with Gasteiger partial charge >= 0.3 is 5.97 Å². The molecule has 1 heterocycles. The molecule has 0 bridgehead atoms. The second-order valence-corrected chi connectivity index (χ2v) is 6.05. The minimum Gasteiger partial charge on any atom is -0.481 e. The molecule has 0 aliphatic carbocycles. The number of carboxylic acid groups (broad SMARTS) is 1. The SMILES string of the molecule is CC(C(=O)N1CCOCC1)[C@@H](CCCc1ccccc1)C(=O)O. The summed E-state index contributed by atoms with van der Waals surface area (Å²) in [6.45, 7) is 3.91. The molecule has 2 rings (SSSR count). The number of rotatable bonds is 7. The monoisotopic (exact) mass is 319 g/mol. The van der Waals surface area contributed by atoms with Crippen molar-refractivity contribution in [1.29, 1.82) is 0 Å². The van der Waals surface area contributed by atoms with Crippen LogP contribution in [0.25, 0.3) is 0 Å². The number of nitrogens with zero attached hydrogens (tertiary/aromatic N) is 1. The third kappa shape index (κ3) is 5.06. The van der Waals surface area contributed by atoms with Gasteiger partial charge in [0.15, 0.2) is 0 Å². The number of hydrogen-bond donors (Lipinski definition) is 1. The van der Waals surface area contributed by atoms with Crippen molar-refractivity contribution in [1.82, 2.24) is 4.90 Å². The van der Waals surface area contributed by atoms with E-state index < -0.39 is 17.8 Å². The van der Waals surface area contributed by atoms with Crippen LogP contribution in [0.5, 0.6) is 0 Å². The summed E-state index contributed by atoms with van der Waals surface area (Å²) in [6.07, 6.45) is 2.12. The lowest BCUT2D eigenvalue weighted by Crippen LogP contribution is -2.45. The number of amides is 1. The van der Waals surface area contributed by atoms with Crippen LogP contribution >= 0.6 is 0 Å². The van der Waals surface area contributed by atoms with Gasteiger partial charge in [0.2, 0.25) is 5.91 Å². The van der Waals surface area contributed by atoms with Crippen LogP contribution in [0.4, 0.5) is 0 Å². The summed E-state index contributed by atoms with van der Waals surface area (Å²) in [4.78, 5) is 25.8. The first-order chi connectivity index (χ1) is 11.1. The van der Waals surface area contributed by atoms with E-state index in [0.717, 1.165) is 12.8 Å². The summed E-state index contributed by atoms with van der Waals surface area (Å²) in [5, 5.41) is 9.49. The summed E-state index contributed by atoms with van der Waals surface area (Å²) in [6, 6.07) is 10.0. The zero-order chi connectivity index (χ0) is 16.7. The Morgan fingerprint density at radius 1 is 1.22 bits per heavy atom. The van der Waals surface area contributed by atoms with Gasteiger partial charge in [-0.1, -0.05) is 37.3 Å². The van der Waals surface area contributed by atoms with Crippen molar-refractivity contribution >= 4 is 11.9 Å². The van der Waals surface area contributed by atoms with Gasteiger partial charge in [0.1, 0.15) is 0 Å². The maximum Gasteiger partial charge on any atom is 0.307 e. The van der Waals surface area contributed by atoms with E-state index in [1.807, 2.05) is 30.3 Å². The molecule has 5 heteroatoms. The summed E-state index contributed by atoms with van der Waals surface area (Å²) in [5.74, 6) is -2.08. The molecule has 0 spiro atoms. The third-order valence-corrected chi connectivity index (χ3v) is 4.46. The zero-order valence-corrected chi connectivity index (χ0v) is 13.6. The summed E-state index contributed by atoms with van der Waals surface area (Å²) in [7, 11) is 0. The van der Waals surface area contributed by atoms with Crippen molar-refractivity contribution in [2.24, 2.45) is 11.8 Å². The van der Waals surface area contributed by atoms with Crippen LogP contribution in [0.2, 0.25) is 0 Å². The number of morpholine rings is 1. The molecule has 1 aliphatic heterocycles. The molecule has 0 radical (unpaired) electrons. The van der Waals surface area contributed by atoms with Gasteiger partial charge in [0.25, 0.3) is 0 Å². The molecule has 0 saturated carbocycles. The molecule has 1 fully saturated rings. The maximum absolute atomic E-state index is 12.5. The van der Waals surface area contributed by atoms with E-state index in [-0.39, 0.29) is 5.91 Å². The number of ether oxygens (including phenoxy) is 1. The Labute approximate surface area is 137 Å². The topological polar surface area (TPSA) is 66.8 Å². The van der Waals surface area contributed by atoms with Crippen LogP contribution in [-0.2, 0) is 20.7 Å². The second kappa shape index (κ2) is 8.67. The van der Waals surface area contributed by atoms with Crippen molar-refractivity contribution in [2.75, 3.05) is 26.3 Å². The van der Waals surface area contributed by atoms with Gasteiger partial charge in [-0.2, -0.15) is 0 Å². The lowest BCUT2D eigenvalue weighted by atomic mass is 9.87. The fourth-order valence-electron chi connectivity index (χ4n) is 3.00. The molecule has 5 nitrogen and oxygen atoms in total. The van der Waals surface area contributed by atoms with Crippen molar-refractivity contribution in [2.45, 2.75) is 26.2 Å². The lowest BCUT2D eigenvalue weighted by Gasteiger charge is -2.31. The van der Waals surface area contributed by atoms with Crippen LogP contribution < -0.4 is 0 Å². The number of carboxylic acids is 1. The van der Waals surface area contributed by atoms with E-state index in [2.05, 4.69) is 0 Å². The van der Waals surface area contributed by atoms with Gasteiger partial charge in [0, 0.05) is 19.0 Å². The van der Waals surface area contributed by atoms with E-state index in [0.29, 0.717) is 32.7 Å². The first-order valence-corrected chi connectivity index (χ1v) is 8.23. The molecule has 1 aliphatic rings. The smallest absolute Gasteiger partial charge is 0.307 e. The maximum atomic E-state index is 12.5. The van der Waals surface area contributed by atoms with Crippen LogP contribution in [0.3, 0.4) is 0 Å². The molecule has 1 unspecified atom stereocenters. The van der Waals surface area contributed by atoms with Gasteiger partial charge in [0.05, 0.1) is 19.1 Å². The van der Waals surface area contributed by atoms with E-state index in [9.17, 15) is 14.7 Å². The van der Waals surface area contributed by atoms with Crippen molar-refractivity contribution in [3.05, 3.63) is 35.9 Å². The molecule has 1 aromatic carbocycles. The Morgan fingerprint density at radius 2 is 1.87 bits per heavy atom. The number of hydrogen-bond acceptors (Lipinski definition) is 3. The van der Waals surface area contributed by atoms with Crippen LogP contribution in [0.15, 0.2) is 30.3 Å². The van der Waals surface area contributed by atoms with Crippen molar-refractivity contribution in [3.8, 4) is 0 Å². The fourth-order valence-corrected chi connectivity index (χ4v) is 3.00. The van der Waals surface area contributed by atoms with Crippen LogP contribution in [-0.4, -0.2) is 48.2 Å². The van der Waals surface area contributed by atoms with E-state index in [4.69, 9.17) is 4.74 Å². The Hall–Kier alpha value is -1.88. The standard InChI is InChI=1S/C18H25NO4/c1-14(17(20)19-10-12-23-13-11-19)16(18(21)22)9-5-8-15-6-3-2-4-7-15/h2-4,6-7,14,16H,5,8-13H2,1H3,(H,21,22)/t14?,16-/m1/s1. The molecule has 1 aromatic rings. The highest BCUT2D eigenvalue weighted by atomic mass is 16.5. The van der Waals surface area contributed by atoms with E-state index >= 15 is 0 Å². The predicted molar refractivity (Wildman–Crippen MR) is 87.1 cm³/mol. The molecule has 126 valence electrons. The first kappa shape index (κ1) is 17.5. The largest absolute Gasteiger partial charge is 0.481 e. The molecular weight excluding hydrogens is 294 g/mol. The molecule has 0 aromatic heterocycles. The minimum absolute atomic E-state index is 0.0691. The molecule has 1 N–H and O–H groups in total. The van der Waals surface area contributed by atoms with Gasteiger partial charge < -0.3 is 14.7 Å². The highest BCUT2D eigenvalue weighted by Crippen LogP contribution is 2.22. The number of carbonyl (C=O) groups is 2. The fraction of sp³-hybridized carbons (Fsp3) is 0.556. The van der Waals surface area contributed by atoms with Gasteiger partial charge in [-0.05, 0) is 24.8 Å². The van der Waals surface area contributed by atoms with Gasteiger partial charge in [-0.15, -0.1) is 0 Å². The lowest BCUT2D eigenvalue weighted by molar-refractivity contribution is -0.151. The number of aliphatic carboxylic acids is 1. The molecule has 1 amide bonds. The Bertz CT molecular complexity index is 511. The van der Waals surface area contributed by atoms with Crippen molar-refractivity contribution < 1.29 is 19.4 Å². The third-order valence-electron chi connectivity index (χ3n) is 4.46. The van der Waals surface area contributed by atoms with Crippen molar-refractivity contribution in [3.63, 3.8) is 0 Å². The molecule has 1 saturated heterocycles. The van der Waals surface area contributed by atoms with E-state index in [1.54, 1.807) is 11.8 Å². The Balaban J connectivity index is 1.89. The average molecular weight is 319 g/mol. The summed E-state index contributed by atoms with van der Waals surface area (Å²) >= 11 is 0. The average Bonchev–Trinajstić information content (AvgIpc) is 2.59. The molecule has 2 atom stereocenters. The Morgan fingerprint density at radius 3 is 2.48 bits per heavy atom. The minimum atomic E-state index is -0.882. The summed E-state index contributed by atoms with van der Waals surface area (Å²) in [5.41, 5.74) is 1.20. The normalized spacial score (nSPS) is 17.5. The van der Waals surface area contributed by atoms with Gasteiger partial charge in [-0.25, -0.2) is 0 Å².